The summed E-state index contributed by atoms with van der Waals surface area (Å²) in [6, 6.07) is 11.2. The maximum Gasteiger partial charge on any atom is 0.310 e. The Balaban J connectivity index is 1.93. The zero-order valence-electron chi connectivity index (χ0n) is 17.5. The van der Waals surface area contributed by atoms with E-state index in [0.717, 1.165) is 28.8 Å². The predicted molar refractivity (Wildman–Crippen MR) is 113 cm³/mol. The largest absolute Gasteiger partial charge is 0.490 e. The Hall–Kier alpha value is -3.02. The zero-order chi connectivity index (χ0) is 21.2. The molecular weight excluding hydrogens is 370 g/mol. The fourth-order valence-electron chi connectivity index (χ4n) is 2.95. The third-order valence-corrected chi connectivity index (χ3v) is 4.32. The van der Waals surface area contributed by atoms with Crippen LogP contribution in [0.15, 0.2) is 36.4 Å². The molecule has 0 aromatic heterocycles. The van der Waals surface area contributed by atoms with Crippen LogP contribution in [-0.2, 0) is 27.2 Å². The topological polar surface area (TPSA) is 73.9 Å². The van der Waals surface area contributed by atoms with E-state index >= 15 is 0 Å². The quantitative estimate of drug-likeness (QED) is 0.610. The van der Waals surface area contributed by atoms with Gasteiger partial charge in [0.2, 0.25) is 0 Å². The third-order valence-electron chi connectivity index (χ3n) is 4.32. The van der Waals surface area contributed by atoms with Gasteiger partial charge in [-0.1, -0.05) is 31.2 Å². The number of ether oxygens (including phenoxy) is 3. The molecule has 0 spiro atoms. The van der Waals surface area contributed by atoms with Crippen molar-refractivity contribution in [3.63, 3.8) is 0 Å². The van der Waals surface area contributed by atoms with E-state index in [1.807, 2.05) is 45.9 Å². The summed E-state index contributed by atoms with van der Waals surface area (Å²) in [4.78, 5) is 24.4. The van der Waals surface area contributed by atoms with Gasteiger partial charge in [0.05, 0.1) is 19.6 Å². The summed E-state index contributed by atoms with van der Waals surface area (Å²) in [7, 11) is 0. The molecule has 6 nitrogen and oxygen atoms in total. The highest BCUT2D eigenvalue weighted by molar-refractivity contribution is 5.94. The molecule has 1 amide bonds. The van der Waals surface area contributed by atoms with Gasteiger partial charge in [-0.05, 0) is 56.0 Å². The Morgan fingerprint density at radius 1 is 0.966 bits per heavy atom. The molecule has 0 fully saturated rings. The summed E-state index contributed by atoms with van der Waals surface area (Å²) >= 11 is 0. The van der Waals surface area contributed by atoms with Crippen molar-refractivity contribution in [2.45, 2.75) is 40.5 Å². The van der Waals surface area contributed by atoms with E-state index < -0.39 is 5.97 Å². The number of para-hydroxylation sites is 1. The van der Waals surface area contributed by atoms with Gasteiger partial charge in [0.25, 0.3) is 5.91 Å². The summed E-state index contributed by atoms with van der Waals surface area (Å²) in [5.41, 5.74) is 3.53. The first-order valence-corrected chi connectivity index (χ1v) is 9.90. The van der Waals surface area contributed by atoms with Crippen molar-refractivity contribution < 1.29 is 23.8 Å². The minimum Gasteiger partial charge on any atom is -0.490 e. The van der Waals surface area contributed by atoms with Gasteiger partial charge in [-0.3, -0.25) is 9.59 Å². The summed E-state index contributed by atoms with van der Waals surface area (Å²) in [6.07, 6.45) is 0.849. The Kier molecular flexibility index (Phi) is 8.52. The van der Waals surface area contributed by atoms with Crippen LogP contribution in [0.25, 0.3) is 0 Å². The molecule has 0 aliphatic carbocycles. The number of rotatable bonds is 10. The number of anilines is 1. The van der Waals surface area contributed by atoms with Crippen LogP contribution in [0, 0.1) is 6.92 Å². The maximum absolute atomic E-state index is 12.2. The highest BCUT2D eigenvalue weighted by Crippen LogP contribution is 2.28. The van der Waals surface area contributed by atoms with Crippen LogP contribution in [0.1, 0.15) is 37.5 Å². The highest BCUT2D eigenvalue weighted by atomic mass is 16.5. The first-order chi connectivity index (χ1) is 14.0. The van der Waals surface area contributed by atoms with E-state index in [4.69, 9.17) is 14.2 Å². The molecule has 6 heteroatoms. The minimum absolute atomic E-state index is 0.0460. The summed E-state index contributed by atoms with van der Waals surface area (Å²) in [5.74, 6) is 0.385. The Bertz CT molecular complexity index is 847. The monoisotopic (exact) mass is 399 g/mol. The second-order valence-electron chi connectivity index (χ2n) is 6.50. The maximum atomic E-state index is 12.2. The lowest BCUT2D eigenvalue weighted by Crippen LogP contribution is -2.22. The fourth-order valence-corrected chi connectivity index (χ4v) is 2.95. The molecule has 2 rings (SSSR count). The SMILES string of the molecule is CCOc1ccc(CC(=O)OCC(=O)Nc2c(C)cccc2CC)cc1OCC. The average Bonchev–Trinajstić information content (AvgIpc) is 2.70. The molecule has 156 valence electrons. The van der Waals surface area contributed by atoms with Crippen molar-refractivity contribution in [2.24, 2.45) is 0 Å². The van der Waals surface area contributed by atoms with Gasteiger partial charge in [0.1, 0.15) is 0 Å². The van der Waals surface area contributed by atoms with E-state index in [2.05, 4.69) is 5.32 Å². The van der Waals surface area contributed by atoms with Crippen molar-refractivity contribution in [1.29, 1.82) is 0 Å². The van der Waals surface area contributed by atoms with Crippen molar-refractivity contribution in [1.82, 2.24) is 0 Å². The number of carbonyl (C=O) groups excluding carboxylic acids is 2. The number of carbonyl (C=O) groups is 2. The lowest BCUT2D eigenvalue weighted by molar-refractivity contribution is -0.146. The van der Waals surface area contributed by atoms with Crippen LogP contribution in [0.2, 0.25) is 0 Å². The van der Waals surface area contributed by atoms with Gasteiger partial charge < -0.3 is 19.5 Å². The molecule has 2 aromatic carbocycles. The normalized spacial score (nSPS) is 10.3. The number of aryl methyl sites for hydroxylation is 2. The van der Waals surface area contributed by atoms with E-state index in [-0.39, 0.29) is 18.9 Å². The van der Waals surface area contributed by atoms with Gasteiger partial charge in [-0.15, -0.1) is 0 Å². The van der Waals surface area contributed by atoms with Gasteiger partial charge in [0.15, 0.2) is 18.1 Å². The first-order valence-electron chi connectivity index (χ1n) is 9.90. The Morgan fingerprint density at radius 2 is 1.69 bits per heavy atom. The summed E-state index contributed by atoms with van der Waals surface area (Å²) < 4.78 is 16.2. The van der Waals surface area contributed by atoms with Gasteiger partial charge >= 0.3 is 5.97 Å². The van der Waals surface area contributed by atoms with E-state index in [9.17, 15) is 9.59 Å². The Labute approximate surface area is 172 Å². The van der Waals surface area contributed by atoms with Crippen LogP contribution in [0.3, 0.4) is 0 Å². The molecule has 0 unspecified atom stereocenters. The number of nitrogens with one attached hydrogen (secondary N) is 1. The number of hydrogen-bond donors (Lipinski definition) is 1. The van der Waals surface area contributed by atoms with Crippen LogP contribution in [0.5, 0.6) is 11.5 Å². The Morgan fingerprint density at radius 3 is 2.38 bits per heavy atom. The predicted octanol–water partition coefficient (Wildman–Crippen LogP) is 4.08. The van der Waals surface area contributed by atoms with Crippen LogP contribution < -0.4 is 14.8 Å². The molecule has 0 aliphatic rings. The third kappa shape index (κ3) is 6.52. The van der Waals surface area contributed by atoms with Gasteiger partial charge in [-0.2, -0.15) is 0 Å². The van der Waals surface area contributed by atoms with Gasteiger partial charge in [-0.25, -0.2) is 0 Å². The van der Waals surface area contributed by atoms with Crippen molar-refractivity contribution in [3.8, 4) is 11.5 Å². The molecule has 0 atom stereocenters. The molecular formula is C23H29NO5. The van der Waals surface area contributed by atoms with E-state index in [1.54, 1.807) is 18.2 Å². The van der Waals surface area contributed by atoms with Crippen molar-refractivity contribution in [3.05, 3.63) is 53.1 Å². The molecule has 0 heterocycles. The number of hydrogen-bond acceptors (Lipinski definition) is 5. The van der Waals surface area contributed by atoms with Gasteiger partial charge in [0, 0.05) is 5.69 Å². The van der Waals surface area contributed by atoms with E-state index in [0.29, 0.717) is 24.7 Å². The second kappa shape index (κ2) is 11.1. The molecule has 2 aromatic rings. The number of esters is 1. The molecule has 29 heavy (non-hydrogen) atoms. The average molecular weight is 399 g/mol. The van der Waals surface area contributed by atoms with Crippen LogP contribution >= 0.6 is 0 Å². The summed E-state index contributed by atoms with van der Waals surface area (Å²) in [5, 5.41) is 2.84. The van der Waals surface area contributed by atoms with Crippen LogP contribution in [0.4, 0.5) is 5.69 Å². The molecule has 1 N–H and O–H groups in total. The molecule has 0 saturated carbocycles. The molecule has 0 bridgehead atoms. The number of amides is 1. The lowest BCUT2D eigenvalue weighted by Gasteiger charge is -2.13. The minimum atomic E-state index is -0.479. The molecule has 0 radical (unpaired) electrons. The smallest absolute Gasteiger partial charge is 0.310 e. The second-order valence-corrected chi connectivity index (χ2v) is 6.50. The van der Waals surface area contributed by atoms with Crippen LogP contribution in [-0.4, -0.2) is 31.7 Å². The first kappa shape index (κ1) is 22.3. The lowest BCUT2D eigenvalue weighted by atomic mass is 10.1. The standard InChI is InChI=1S/C23H29NO5/c1-5-18-10-8-9-16(4)23(18)24-21(25)15-29-22(26)14-17-11-12-19(27-6-2)20(13-17)28-7-3/h8-13H,5-7,14-15H2,1-4H3,(H,24,25). The zero-order valence-corrected chi connectivity index (χ0v) is 17.5. The fraction of sp³-hybridized carbons (Fsp3) is 0.391. The highest BCUT2D eigenvalue weighted by Gasteiger charge is 2.13. The number of benzene rings is 2. The summed E-state index contributed by atoms with van der Waals surface area (Å²) in [6.45, 7) is 8.43. The molecule has 0 saturated heterocycles. The van der Waals surface area contributed by atoms with E-state index in [1.165, 1.54) is 0 Å². The molecule has 0 aliphatic heterocycles. The van der Waals surface area contributed by atoms with Crippen molar-refractivity contribution >= 4 is 17.6 Å². The van der Waals surface area contributed by atoms with Crippen molar-refractivity contribution in [2.75, 3.05) is 25.1 Å².